The van der Waals surface area contributed by atoms with Gasteiger partial charge < -0.3 is 4.57 Å². The number of benzene rings is 1. The molecule has 152 valence electrons. The first kappa shape index (κ1) is 20.2. The van der Waals surface area contributed by atoms with Crippen LogP contribution in [0.15, 0.2) is 53.8 Å². The van der Waals surface area contributed by atoms with E-state index in [1.807, 2.05) is 44.2 Å². The van der Waals surface area contributed by atoms with Gasteiger partial charge in [-0.05, 0) is 57.2 Å². The smallest absolute Gasteiger partial charge is 0.290 e. The van der Waals surface area contributed by atoms with Crippen molar-refractivity contribution >= 4 is 41.0 Å². The lowest BCUT2D eigenvalue weighted by molar-refractivity contribution is 0.0948. The molecule has 0 radical (unpaired) electrons. The number of amides is 1. The van der Waals surface area contributed by atoms with Gasteiger partial charge in [0.05, 0.1) is 16.9 Å². The third kappa shape index (κ3) is 3.72. The van der Waals surface area contributed by atoms with E-state index in [4.69, 9.17) is 23.2 Å². The van der Waals surface area contributed by atoms with Crippen molar-refractivity contribution in [3.63, 3.8) is 0 Å². The molecule has 0 aliphatic heterocycles. The Bertz CT molecular complexity index is 1300. The molecule has 1 aromatic carbocycles. The summed E-state index contributed by atoms with van der Waals surface area (Å²) in [6.45, 7) is 5.78. The highest BCUT2D eigenvalue weighted by atomic mass is 35.5. The summed E-state index contributed by atoms with van der Waals surface area (Å²) in [6.07, 6.45) is 3.29. The van der Waals surface area contributed by atoms with Crippen molar-refractivity contribution in [1.29, 1.82) is 0 Å². The molecular formula is C22H19Cl2N5O. The number of nitrogens with zero attached hydrogens (tertiary/aromatic N) is 4. The maximum atomic E-state index is 12.7. The fraction of sp³-hybridized carbons (Fsp3) is 0.136. The van der Waals surface area contributed by atoms with E-state index in [1.54, 1.807) is 35.9 Å². The Morgan fingerprint density at radius 1 is 1.10 bits per heavy atom. The second-order valence-corrected chi connectivity index (χ2v) is 7.84. The molecule has 4 rings (SSSR count). The van der Waals surface area contributed by atoms with Gasteiger partial charge in [0.25, 0.3) is 5.91 Å². The predicted molar refractivity (Wildman–Crippen MR) is 120 cm³/mol. The average molecular weight is 440 g/mol. The maximum absolute atomic E-state index is 12.7. The maximum Gasteiger partial charge on any atom is 0.290 e. The summed E-state index contributed by atoms with van der Waals surface area (Å²) in [7, 11) is 0. The minimum absolute atomic E-state index is 0.359. The molecule has 0 saturated heterocycles. The molecule has 0 bridgehead atoms. The number of carbonyl (C=O) groups is 1. The highest BCUT2D eigenvalue weighted by Gasteiger charge is 2.16. The molecule has 4 aromatic rings. The summed E-state index contributed by atoms with van der Waals surface area (Å²) in [5.41, 5.74) is 8.13. The van der Waals surface area contributed by atoms with Crippen molar-refractivity contribution in [2.45, 2.75) is 20.8 Å². The molecule has 3 aromatic heterocycles. The highest BCUT2D eigenvalue weighted by molar-refractivity contribution is 6.31. The summed E-state index contributed by atoms with van der Waals surface area (Å²) >= 11 is 12.2. The third-order valence-electron chi connectivity index (χ3n) is 4.88. The zero-order valence-corrected chi connectivity index (χ0v) is 18.2. The van der Waals surface area contributed by atoms with E-state index in [2.05, 4.69) is 20.1 Å². The van der Waals surface area contributed by atoms with E-state index in [0.717, 1.165) is 22.6 Å². The fourth-order valence-electron chi connectivity index (χ4n) is 3.55. The number of rotatable bonds is 4. The Hall–Kier alpha value is -3.09. The van der Waals surface area contributed by atoms with Gasteiger partial charge in [-0.1, -0.05) is 29.3 Å². The van der Waals surface area contributed by atoms with E-state index >= 15 is 0 Å². The molecule has 0 unspecified atom stereocenters. The van der Waals surface area contributed by atoms with Gasteiger partial charge in [-0.2, -0.15) is 5.10 Å². The van der Waals surface area contributed by atoms with Crippen molar-refractivity contribution in [3.05, 3.63) is 87.0 Å². The number of aryl methyl sites for hydroxylation is 2. The molecule has 6 nitrogen and oxygen atoms in total. The van der Waals surface area contributed by atoms with E-state index < -0.39 is 0 Å². The van der Waals surface area contributed by atoms with E-state index in [9.17, 15) is 4.79 Å². The zero-order valence-electron chi connectivity index (χ0n) is 16.6. The fourth-order valence-corrected chi connectivity index (χ4v) is 3.90. The van der Waals surface area contributed by atoms with Crippen LogP contribution in [0.5, 0.6) is 0 Å². The number of pyridine rings is 1. The van der Waals surface area contributed by atoms with Crippen LogP contribution in [-0.4, -0.2) is 26.1 Å². The summed E-state index contributed by atoms with van der Waals surface area (Å²) < 4.78 is 3.75. The van der Waals surface area contributed by atoms with Crippen LogP contribution in [0.3, 0.4) is 0 Å². The molecule has 0 saturated carbocycles. The van der Waals surface area contributed by atoms with Crippen LogP contribution in [0.2, 0.25) is 10.0 Å². The number of hydrogen-bond acceptors (Lipinski definition) is 3. The van der Waals surface area contributed by atoms with Crippen LogP contribution >= 0.6 is 23.2 Å². The first-order valence-corrected chi connectivity index (χ1v) is 10.0. The van der Waals surface area contributed by atoms with E-state index in [1.165, 1.54) is 0 Å². The lowest BCUT2D eigenvalue weighted by Gasteiger charge is -2.09. The van der Waals surface area contributed by atoms with Gasteiger partial charge in [0.2, 0.25) is 0 Å². The molecule has 30 heavy (non-hydrogen) atoms. The first-order chi connectivity index (χ1) is 14.3. The van der Waals surface area contributed by atoms with Crippen molar-refractivity contribution in [1.82, 2.24) is 19.4 Å². The van der Waals surface area contributed by atoms with Gasteiger partial charge in [0.15, 0.2) is 0 Å². The largest absolute Gasteiger partial charge is 0.318 e. The molecule has 8 heteroatoms. The first-order valence-electron chi connectivity index (χ1n) is 9.27. The lowest BCUT2D eigenvalue weighted by atomic mass is 10.2. The van der Waals surface area contributed by atoms with Gasteiger partial charge >= 0.3 is 0 Å². The molecule has 1 N–H and O–H groups in total. The average Bonchev–Trinajstić information content (AvgIpc) is 3.16. The number of aromatic nitrogens is 3. The number of nitrogens with one attached hydrogen (secondary N) is 1. The van der Waals surface area contributed by atoms with Gasteiger partial charge in [0.1, 0.15) is 11.3 Å². The Morgan fingerprint density at radius 3 is 2.67 bits per heavy atom. The zero-order chi connectivity index (χ0) is 21.4. The van der Waals surface area contributed by atoms with Gasteiger partial charge in [-0.25, -0.2) is 10.4 Å². The third-order valence-corrected chi connectivity index (χ3v) is 5.34. The van der Waals surface area contributed by atoms with Crippen LogP contribution < -0.4 is 5.43 Å². The summed E-state index contributed by atoms with van der Waals surface area (Å²) in [5.74, 6) is -0.359. The number of imidazole rings is 1. The Balaban J connectivity index is 1.59. The molecular weight excluding hydrogens is 421 g/mol. The second-order valence-electron chi connectivity index (χ2n) is 6.96. The van der Waals surface area contributed by atoms with Crippen molar-refractivity contribution in [2.75, 3.05) is 0 Å². The number of hydrazone groups is 1. The lowest BCUT2D eigenvalue weighted by Crippen LogP contribution is -2.20. The number of halogens is 2. The Morgan fingerprint density at radius 2 is 1.90 bits per heavy atom. The van der Waals surface area contributed by atoms with Gasteiger partial charge in [-0.15, -0.1) is 0 Å². The quantitative estimate of drug-likeness (QED) is 0.354. The van der Waals surface area contributed by atoms with Crippen LogP contribution in [0, 0.1) is 20.8 Å². The number of carbonyl (C=O) groups excluding carboxylic acids is 1. The molecule has 0 aliphatic rings. The van der Waals surface area contributed by atoms with Crippen molar-refractivity contribution in [2.24, 2.45) is 5.10 Å². The van der Waals surface area contributed by atoms with Crippen LogP contribution in [0.4, 0.5) is 0 Å². The van der Waals surface area contributed by atoms with Crippen molar-refractivity contribution < 1.29 is 4.79 Å². The molecule has 0 fully saturated rings. The molecule has 1 amide bonds. The molecule has 0 atom stereocenters. The monoisotopic (exact) mass is 439 g/mol. The minimum atomic E-state index is -0.359. The molecule has 0 spiro atoms. The molecule has 3 heterocycles. The minimum Gasteiger partial charge on any atom is -0.318 e. The second kappa shape index (κ2) is 7.97. The van der Waals surface area contributed by atoms with E-state index in [0.29, 0.717) is 27.1 Å². The number of fused-ring (bicyclic) bond motifs is 1. The van der Waals surface area contributed by atoms with E-state index in [-0.39, 0.29) is 5.91 Å². The topological polar surface area (TPSA) is 63.7 Å². The highest BCUT2D eigenvalue weighted by Crippen LogP contribution is 2.22. The summed E-state index contributed by atoms with van der Waals surface area (Å²) in [6, 6.07) is 13.2. The van der Waals surface area contributed by atoms with Gasteiger partial charge in [-0.3, -0.25) is 9.20 Å². The summed E-state index contributed by atoms with van der Waals surface area (Å²) in [4.78, 5) is 17.1. The Kier molecular flexibility index (Phi) is 5.37. The molecule has 0 aliphatic carbocycles. The van der Waals surface area contributed by atoms with Gasteiger partial charge in [0, 0.05) is 33.9 Å². The standard InChI is InChI=1S/C22H19Cl2N5O/c1-13-9-16(15(3)29(13)19-6-4-5-17(23)10-19)11-25-27-22(30)21-14(2)26-20-8-7-18(24)12-28(20)21/h4-12H,1-3H3,(H,27,30)/b25-11-. The predicted octanol–water partition coefficient (Wildman–Crippen LogP) is 5.12. The summed E-state index contributed by atoms with van der Waals surface area (Å²) in [5, 5.41) is 5.35. The normalized spacial score (nSPS) is 11.5. The van der Waals surface area contributed by atoms with Crippen molar-refractivity contribution in [3.8, 4) is 5.69 Å². The van der Waals surface area contributed by atoms with Crippen LogP contribution in [-0.2, 0) is 0 Å². The Labute approximate surface area is 183 Å². The van der Waals surface area contributed by atoms with Crippen LogP contribution in [0.1, 0.15) is 33.1 Å². The van der Waals surface area contributed by atoms with Crippen LogP contribution in [0.25, 0.3) is 11.3 Å². The number of hydrogen-bond donors (Lipinski definition) is 1. The SMILES string of the molecule is Cc1nc2ccc(Cl)cn2c1C(=O)N/N=C\c1cc(C)n(-c2cccc(Cl)c2)c1C.